The SMILES string of the molecule is CNC(C)C(=O)NC(C(=O)N1CC(NC(=O)c2ccc(CCc3ccc(C(=O)NC4CC(C(=O)NC5CCCc6ccccc65)N(C(=O)C(NC(=O)C(C)NC)C(C)(C)C)C4)cc3)cc2)CC1C(=O)NC1CCCc2ccccc21)C(C)(C)C. The van der Waals surface area contributed by atoms with Gasteiger partial charge in [-0.1, -0.05) is 114 Å². The Hall–Kier alpha value is -7.44. The standard InChI is InChI=1S/C66H88N10O8/c1-39(67-9)57(77)73-55(65(3,4)5)63(83)75-37-47(35-53(75)61(81)71-51-23-15-19-43-17-11-13-21-49(43)51)69-59(79)45-31-27-41(28-32-45)25-26-42-29-33-46(34-30-42)60(80)70-48-36-54(62(82)72-52-24-16-20-44-18-12-14-22-50(44)52)76(38-48)64(84)56(66(6,7)8)74-58(78)40(2)68-10/h11-14,17-18,21-22,27-34,39-40,47-48,51-56,67-68H,15-16,19-20,23-26,35-38H2,1-10H3,(H,69,79)(H,70,80)(H,71,81)(H,72,82)(H,73,77)(H,74,78). The molecule has 2 aliphatic carbocycles. The second kappa shape index (κ2) is 27.1. The molecule has 0 aromatic heterocycles. The number of rotatable bonds is 19. The lowest BCUT2D eigenvalue weighted by molar-refractivity contribution is -0.144. The Morgan fingerprint density at radius 3 is 1.20 bits per heavy atom. The van der Waals surface area contributed by atoms with E-state index in [4.69, 9.17) is 0 Å². The molecule has 2 fully saturated rings. The van der Waals surface area contributed by atoms with Crippen LogP contribution >= 0.6 is 0 Å². The molecular formula is C66H88N10O8. The normalized spacial score (nSPS) is 21.8. The Morgan fingerprint density at radius 2 is 0.857 bits per heavy atom. The lowest BCUT2D eigenvalue weighted by Crippen LogP contribution is -2.59. The summed E-state index contributed by atoms with van der Waals surface area (Å²) in [6.45, 7) is 14.8. The number of nitrogens with one attached hydrogen (secondary N) is 8. The van der Waals surface area contributed by atoms with Crippen LogP contribution in [-0.4, -0.2) is 133 Å². The van der Waals surface area contributed by atoms with E-state index in [1.807, 2.05) is 102 Å². The molecule has 0 spiro atoms. The average Bonchev–Trinajstić information content (AvgIpc) is 3.58. The smallest absolute Gasteiger partial charge is 0.251 e. The summed E-state index contributed by atoms with van der Waals surface area (Å²) in [5.41, 5.74) is 5.97. The second-order valence-electron chi connectivity index (χ2n) is 25.7. The van der Waals surface area contributed by atoms with Gasteiger partial charge in [-0.25, -0.2) is 0 Å². The Kier molecular flexibility index (Phi) is 20.2. The van der Waals surface area contributed by atoms with Gasteiger partial charge < -0.3 is 52.3 Å². The lowest BCUT2D eigenvalue weighted by atomic mass is 9.85. The number of likely N-dealkylation sites (N-methyl/N-ethyl adjacent to an activating group) is 2. The van der Waals surface area contributed by atoms with Crippen molar-refractivity contribution in [1.82, 2.24) is 52.3 Å². The van der Waals surface area contributed by atoms with Crippen molar-refractivity contribution in [2.75, 3.05) is 27.2 Å². The van der Waals surface area contributed by atoms with Gasteiger partial charge in [-0.05, 0) is 161 Å². The number of hydrogen-bond donors (Lipinski definition) is 8. The Morgan fingerprint density at radius 1 is 0.500 bits per heavy atom. The van der Waals surface area contributed by atoms with Gasteiger partial charge in [0.2, 0.25) is 35.4 Å². The van der Waals surface area contributed by atoms with Crippen molar-refractivity contribution in [2.45, 2.75) is 180 Å². The highest BCUT2D eigenvalue weighted by atomic mass is 16.2. The summed E-state index contributed by atoms with van der Waals surface area (Å²) in [6, 6.07) is 24.6. The van der Waals surface area contributed by atoms with Crippen LogP contribution in [0.25, 0.3) is 0 Å². The third kappa shape index (κ3) is 15.1. The monoisotopic (exact) mass is 1150 g/mol. The van der Waals surface area contributed by atoms with Crippen LogP contribution in [-0.2, 0) is 54.5 Å². The molecule has 8 amide bonds. The molecule has 4 aromatic carbocycles. The first-order valence-electron chi connectivity index (χ1n) is 30.1. The van der Waals surface area contributed by atoms with Crippen molar-refractivity contribution >= 4 is 47.3 Å². The molecule has 8 rings (SSSR count). The van der Waals surface area contributed by atoms with Gasteiger partial charge in [-0.2, -0.15) is 0 Å². The summed E-state index contributed by atoms with van der Waals surface area (Å²) in [5.74, 6) is -2.73. The molecule has 4 aromatic rings. The summed E-state index contributed by atoms with van der Waals surface area (Å²) in [5, 5.41) is 24.4. The van der Waals surface area contributed by atoms with E-state index < -0.39 is 59.2 Å². The maximum absolute atomic E-state index is 14.6. The molecule has 2 saturated heterocycles. The van der Waals surface area contributed by atoms with Crippen LogP contribution in [0.4, 0.5) is 0 Å². The van der Waals surface area contributed by atoms with E-state index in [1.165, 1.54) is 20.9 Å². The molecule has 4 aliphatic rings. The average molecular weight is 1150 g/mol. The van der Waals surface area contributed by atoms with Gasteiger partial charge in [0.15, 0.2) is 0 Å². The molecule has 10 unspecified atom stereocenters. The highest BCUT2D eigenvalue weighted by Gasteiger charge is 2.48. The number of nitrogens with zero attached hydrogens (tertiary/aromatic N) is 2. The number of benzene rings is 4. The fourth-order valence-corrected chi connectivity index (χ4v) is 12.1. The van der Waals surface area contributed by atoms with E-state index in [0.29, 0.717) is 24.0 Å². The fraction of sp³-hybridized carbons (Fsp3) is 0.515. The number of fused-ring (bicyclic) bond motifs is 2. The summed E-state index contributed by atoms with van der Waals surface area (Å²) >= 11 is 0. The molecular weight excluding hydrogens is 1060 g/mol. The van der Waals surface area contributed by atoms with Crippen molar-refractivity contribution < 1.29 is 38.4 Å². The van der Waals surface area contributed by atoms with E-state index in [0.717, 1.165) is 60.8 Å². The molecule has 18 nitrogen and oxygen atoms in total. The van der Waals surface area contributed by atoms with Crippen molar-refractivity contribution in [2.24, 2.45) is 10.8 Å². The molecule has 8 N–H and O–H groups in total. The Labute approximate surface area is 495 Å². The van der Waals surface area contributed by atoms with Crippen molar-refractivity contribution in [3.8, 4) is 0 Å². The number of amides is 8. The van der Waals surface area contributed by atoms with Crippen LogP contribution < -0.4 is 42.5 Å². The van der Waals surface area contributed by atoms with Crippen molar-refractivity contribution in [1.29, 1.82) is 0 Å². The first-order valence-corrected chi connectivity index (χ1v) is 30.1. The molecule has 0 bridgehead atoms. The summed E-state index contributed by atoms with van der Waals surface area (Å²) < 4.78 is 0. The predicted molar refractivity (Wildman–Crippen MR) is 323 cm³/mol. The number of carbonyl (C=O) groups excluding carboxylic acids is 8. The third-order valence-electron chi connectivity index (χ3n) is 17.4. The van der Waals surface area contributed by atoms with Gasteiger partial charge in [-0.3, -0.25) is 38.4 Å². The van der Waals surface area contributed by atoms with E-state index in [9.17, 15) is 38.4 Å². The zero-order chi connectivity index (χ0) is 60.6. The lowest BCUT2D eigenvalue weighted by Gasteiger charge is -2.36. The van der Waals surface area contributed by atoms with Gasteiger partial charge in [0.25, 0.3) is 11.8 Å². The highest BCUT2D eigenvalue weighted by Crippen LogP contribution is 2.34. The molecule has 10 atom stereocenters. The van der Waals surface area contributed by atoms with E-state index in [2.05, 4.69) is 54.7 Å². The Balaban J connectivity index is 0.889. The molecule has 0 radical (unpaired) electrons. The van der Waals surface area contributed by atoms with E-state index in [-0.39, 0.29) is 85.3 Å². The van der Waals surface area contributed by atoms with Crippen LogP contribution in [0.2, 0.25) is 0 Å². The molecule has 2 heterocycles. The predicted octanol–water partition coefficient (Wildman–Crippen LogP) is 5.54. The summed E-state index contributed by atoms with van der Waals surface area (Å²) in [6.07, 6.45) is 6.92. The quantitative estimate of drug-likeness (QED) is 0.0584. The molecule has 84 heavy (non-hydrogen) atoms. The van der Waals surface area contributed by atoms with Gasteiger partial charge in [0, 0.05) is 36.3 Å². The number of aryl methyl sites for hydroxylation is 4. The minimum Gasteiger partial charge on any atom is -0.347 e. The summed E-state index contributed by atoms with van der Waals surface area (Å²) in [4.78, 5) is 115. The maximum Gasteiger partial charge on any atom is 0.251 e. The minimum absolute atomic E-state index is 0.0828. The van der Waals surface area contributed by atoms with Crippen LogP contribution in [0.5, 0.6) is 0 Å². The second-order valence-corrected chi connectivity index (χ2v) is 25.7. The first kappa shape index (κ1) is 62.6. The maximum atomic E-state index is 14.6. The molecule has 0 saturated carbocycles. The van der Waals surface area contributed by atoms with Crippen LogP contribution in [0.1, 0.15) is 160 Å². The summed E-state index contributed by atoms with van der Waals surface area (Å²) in [7, 11) is 3.34. The molecule has 450 valence electrons. The van der Waals surface area contributed by atoms with E-state index in [1.54, 1.807) is 52.2 Å². The third-order valence-corrected chi connectivity index (χ3v) is 17.4. The number of hydrogen-bond acceptors (Lipinski definition) is 10. The van der Waals surface area contributed by atoms with Gasteiger partial charge in [-0.15, -0.1) is 0 Å². The number of likely N-dealkylation sites (tertiary alicyclic amines) is 2. The number of carbonyl (C=O) groups is 8. The topological polar surface area (TPSA) is 239 Å². The largest absolute Gasteiger partial charge is 0.347 e. The highest BCUT2D eigenvalue weighted by molar-refractivity contribution is 5.98. The van der Waals surface area contributed by atoms with Crippen LogP contribution in [0, 0.1) is 10.8 Å². The zero-order valence-electron chi connectivity index (χ0n) is 50.7. The van der Waals surface area contributed by atoms with Gasteiger partial charge >= 0.3 is 0 Å². The van der Waals surface area contributed by atoms with Crippen molar-refractivity contribution in [3.05, 3.63) is 142 Å². The van der Waals surface area contributed by atoms with Gasteiger partial charge in [0.05, 0.1) is 24.2 Å². The van der Waals surface area contributed by atoms with Crippen molar-refractivity contribution in [3.63, 3.8) is 0 Å². The van der Waals surface area contributed by atoms with Crippen LogP contribution in [0.3, 0.4) is 0 Å². The van der Waals surface area contributed by atoms with Gasteiger partial charge in [0.1, 0.15) is 24.2 Å². The van der Waals surface area contributed by atoms with E-state index >= 15 is 0 Å². The molecule has 2 aliphatic heterocycles. The minimum atomic E-state index is -0.941. The zero-order valence-corrected chi connectivity index (χ0v) is 50.7. The molecule has 18 heteroatoms. The van der Waals surface area contributed by atoms with Crippen LogP contribution in [0.15, 0.2) is 97.1 Å². The first-order chi connectivity index (χ1) is 39.9. The Bertz CT molecular complexity index is 2840. The fourth-order valence-electron chi connectivity index (χ4n) is 12.1.